The molecule has 1 saturated heterocycles. The monoisotopic (exact) mass is 428 g/mol. The van der Waals surface area contributed by atoms with E-state index in [0.29, 0.717) is 32.5 Å². The second kappa shape index (κ2) is 7.55. The third-order valence-electron chi connectivity index (χ3n) is 5.60. The number of hydrogen-bond acceptors (Lipinski definition) is 7. The SMILES string of the molecule is CC1CN(c2c(F)c(N)c3c(c2OC(F)F)N(C2CC2)C=C(C(=O)O)C3O)CCN1. The van der Waals surface area contributed by atoms with Crippen LogP contribution in [0.5, 0.6) is 5.75 Å². The number of carbonyl (C=O) groups is 1. The highest BCUT2D eigenvalue weighted by molar-refractivity contribution is 5.95. The lowest BCUT2D eigenvalue weighted by Gasteiger charge is -2.39. The van der Waals surface area contributed by atoms with E-state index in [1.165, 1.54) is 11.1 Å². The molecule has 0 radical (unpaired) electrons. The number of aliphatic hydroxyl groups excluding tert-OH is 1. The van der Waals surface area contributed by atoms with Crippen LogP contribution in [0.3, 0.4) is 0 Å². The molecular formula is C19H23F3N4O4. The zero-order valence-electron chi connectivity index (χ0n) is 16.2. The maximum atomic E-state index is 15.4. The number of piperazine rings is 1. The molecule has 8 nitrogen and oxygen atoms in total. The summed E-state index contributed by atoms with van der Waals surface area (Å²) in [6, 6.07) is -0.205. The summed E-state index contributed by atoms with van der Waals surface area (Å²) in [5.41, 5.74) is 4.66. The van der Waals surface area contributed by atoms with E-state index >= 15 is 4.39 Å². The second-order valence-electron chi connectivity index (χ2n) is 7.78. The van der Waals surface area contributed by atoms with Gasteiger partial charge in [0.15, 0.2) is 11.6 Å². The van der Waals surface area contributed by atoms with Crippen molar-refractivity contribution in [3.05, 3.63) is 23.2 Å². The molecule has 4 rings (SSSR count). The number of carboxylic acids is 1. The summed E-state index contributed by atoms with van der Waals surface area (Å²) in [6.07, 6.45) is 0.791. The lowest BCUT2D eigenvalue weighted by Crippen LogP contribution is -2.49. The van der Waals surface area contributed by atoms with Crippen molar-refractivity contribution in [2.75, 3.05) is 35.2 Å². The van der Waals surface area contributed by atoms with Gasteiger partial charge in [-0.25, -0.2) is 9.18 Å². The standard InChI is InChI=1S/C19H23F3N4O4/c1-8-6-25(5-4-24-8)15-12(20)13(23)11-14(17(15)30-19(21)22)26(9-2-3-9)7-10(16(11)27)18(28)29/h7-9,16,19,24,27H,2-6,23H2,1H3,(H,28,29). The van der Waals surface area contributed by atoms with Gasteiger partial charge in [0.05, 0.1) is 16.9 Å². The van der Waals surface area contributed by atoms with Crippen LogP contribution in [-0.4, -0.2) is 54.5 Å². The Hall–Kier alpha value is -2.66. The van der Waals surface area contributed by atoms with Gasteiger partial charge < -0.3 is 35.8 Å². The number of nitrogen functional groups attached to an aromatic ring is 1. The largest absolute Gasteiger partial charge is 0.478 e. The van der Waals surface area contributed by atoms with Crippen LogP contribution < -0.4 is 25.6 Å². The second-order valence-corrected chi connectivity index (χ2v) is 7.78. The van der Waals surface area contributed by atoms with E-state index in [4.69, 9.17) is 10.5 Å². The number of nitrogens with two attached hydrogens (primary N) is 1. The zero-order chi connectivity index (χ0) is 21.7. The Morgan fingerprint density at radius 1 is 1.37 bits per heavy atom. The predicted octanol–water partition coefficient (Wildman–Crippen LogP) is 1.79. The van der Waals surface area contributed by atoms with Gasteiger partial charge in [-0.2, -0.15) is 8.78 Å². The first-order chi connectivity index (χ1) is 14.2. The number of aliphatic carboxylic acids is 1. The van der Waals surface area contributed by atoms with E-state index in [0.717, 1.165) is 0 Å². The molecule has 5 N–H and O–H groups in total. The van der Waals surface area contributed by atoms with Crippen LogP contribution in [0.15, 0.2) is 11.8 Å². The van der Waals surface area contributed by atoms with Crippen molar-refractivity contribution in [2.45, 2.75) is 44.6 Å². The number of halogens is 3. The summed E-state index contributed by atoms with van der Waals surface area (Å²) in [5.74, 6) is -2.86. The third-order valence-corrected chi connectivity index (χ3v) is 5.60. The Balaban J connectivity index is 1.97. The number of nitrogens with zero attached hydrogens (tertiary/aromatic N) is 2. The maximum Gasteiger partial charge on any atom is 0.387 e. The van der Waals surface area contributed by atoms with Gasteiger partial charge in [0.2, 0.25) is 0 Å². The van der Waals surface area contributed by atoms with E-state index in [1.54, 1.807) is 4.90 Å². The predicted molar refractivity (Wildman–Crippen MR) is 103 cm³/mol. The fourth-order valence-corrected chi connectivity index (χ4v) is 4.11. The zero-order valence-corrected chi connectivity index (χ0v) is 16.2. The topological polar surface area (TPSA) is 111 Å². The van der Waals surface area contributed by atoms with Gasteiger partial charge in [-0.05, 0) is 19.8 Å². The van der Waals surface area contributed by atoms with Crippen molar-refractivity contribution < 1.29 is 32.9 Å². The number of alkyl halides is 2. The molecule has 2 unspecified atom stereocenters. The highest BCUT2D eigenvalue weighted by atomic mass is 19.3. The van der Waals surface area contributed by atoms with Crippen molar-refractivity contribution in [3.63, 3.8) is 0 Å². The number of benzene rings is 1. The van der Waals surface area contributed by atoms with Crippen molar-refractivity contribution in [1.82, 2.24) is 5.32 Å². The number of fused-ring (bicyclic) bond motifs is 1. The van der Waals surface area contributed by atoms with Gasteiger partial charge in [0, 0.05) is 43.5 Å². The smallest absolute Gasteiger partial charge is 0.387 e. The molecule has 2 heterocycles. The van der Waals surface area contributed by atoms with Crippen LogP contribution in [0, 0.1) is 5.82 Å². The minimum atomic E-state index is -3.25. The van der Waals surface area contributed by atoms with Crippen molar-refractivity contribution in [2.24, 2.45) is 0 Å². The molecule has 1 aromatic rings. The molecule has 0 spiro atoms. The molecule has 2 atom stereocenters. The molecule has 3 aliphatic rings. The molecule has 11 heteroatoms. The summed E-state index contributed by atoms with van der Waals surface area (Å²) in [7, 11) is 0. The highest BCUT2D eigenvalue weighted by Crippen LogP contribution is 2.54. The Kier molecular flexibility index (Phi) is 5.18. The molecule has 2 aliphatic heterocycles. The van der Waals surface area contributed by atoms with Crippen LogP contribution in [-0.2, 0) is 4.79 Å². The van der Waals surface area contributed by atoms with E-state index in [-0.39, 0.29) is 29.0 Å². The lowest BCUT2D eigenvalue weighted by molar-refractivity contribution is -0.133. The Labute approximate surface area is 170 Å². The molecule has 1 saturated carbocycles. The highest BCUT2D eigenvalue weighted by Gasteiger charge is 2.43. The average molecular weight is 428 g/mol. The van der Waals surface area contributed by atoms with E-state index in [2.05, 4.69) is 5.32 Å². The van der Waals surface area contributed by atoms with Crippen LogP contribution in [0.25, 0.3) is 0 Å². The molecule has 0 amide bonds. The Morgan fingerprint density at radius 3 is 2.63 bits per heavy atom. The first-order valence-electron chi connectivity index (χ1n) is 9.70. The molecule has 164 valence electrons. The van der Waals surface area contributed by atoms with E-state index in [9.17, 15) is 23.8 Å². The minimum Gasteiger partial charge on any atom is -0.478 e. The van der Waals surface area contributed by atoms with Crippen molar-refractivity contribution >= 4 is 23.0 Å². The molecular weight excluding hydrogens is 405 g/mol. The van der Waals surface area contributed by atoms with Gasteiger partial charge in [-0.3, -0.25) is 0 Å². The molecule has 2 fully saturated rings. The minimum absolute atomic E-state index is 0.00427. The first-order valence-corrected chi connectivity index (χ1v) is 9.70. The van der Waals surface area contributed by atoms with E-state index in [1.807, 2.05) is 6.92 Å². The molecule has 1 aromatic carbocycles. The van der Waals surface area contributed by atoms with Crippen LogP contribution in [0.2, 0.25) is 0 Å². The quantitative estimate of drug-likeness (QED) is 0.526. The fourth-order valence-electron chi connectivity index (χ4n) is 4.11. The summed E-state index contributed by atoms with van der Waals surface area (Å²) in [6.45, 7) is -0.205. The van der Waals surface area contributed by atoms with Crippen molar-refractivity contribution in [3.8, 4) is 5.75 Å². The maximum absolute atomic E-state index is 15.4. The summed E-state index contributed by atoms with van der Waals surface area (Å²) in [5, 5.41) is 23.3. The van der Waals surface area contributed by atoms with Crippen molar-refractivity contribution in [1.29, 1.82) is 0 Å². The lowest BCUT2D eigenvalue weighted by atomic mass is 9.92. The number of nitrogens with one attached hydrogen (secondary N) is 1. The molecule has 0 aromatic heterocycles. The van der Waals surface area contributed by atoms with Crippen LogP contribution >= 0.6 is 0 Å². The average Bonchev–Trinajstić information content (AvgIpc) is 3.50. The summed E-state index contributed by atoms with van der Waals surface area (Å²) < 4.78 is 47.0. The number of anilines is 3. The summed E-state index contributed by atoms with van der Waals surface area (Å²) in [4.78, 5) is 14.7. The fraction of sp³-hybridized carbons (Fsp3) is 0.526. The molecule has 30 heavy (non-hydrogen) atoms. The molecule has 0 bridgehead atoms. The van der Waals surface area contributed by atoms with Gasteiger partial charge in [-0.15, -0.1) is 0 Å². The van der Waals surface area contributed by atoms with Gasteiger partial charge >= 0.3 is 12.6 Å². The number of ether oxygens (including phenoxy) is 1. The summed E-state index contributed by atoms with van der Waals surface area (Å²) >= 11 is 0. The van der Waals surface area contributed by atoms with Gasteiger partial charge in [0.1, 0.15) is 11.8 Å². The number of carboxylic acid groups (broad SMARTS) is 1. The third kappa shape index (κ3) is 3.41. The van der Waals surface area contributed by atoms with Gasteiger partial charge in [-0.1, -0.05) is 0 Å². The Morgan fingerprint density at radius 2 is 2.07 bits per heavy atom. The van der Waals surface area contributed by atoms with Crippen LogP contribution in [0.1, 0.15) is 31.4 Å². The van der Waals surface area contributed by atoms with Gasteiger partial charge in [0.25, 0.3) is 0 Å². The van der Waals surface area contributed by atoms with E-state index < -0.39 is 41.5 Å². The number of aliphatic hydroxyl groups is 1. The van der Waals surface area contributed by atoms with Crippen LogP contribution in [0.4, 0.5) is 30.2 Å². The Bertz CT molecular complexity index is 907. The normalized spacial score (nSPS) is 24.0. The molecule has 1 aliphatic carbocycles. The number of hydrogen-bond donors (Lipinski definition) is 4. The first kappa shape index (κ1) is 20.6. The number of rotatable bonds is 5.